The number of halogens is 1. The molecule has 2 aliphatic rings. The summed E-state index contributed by atoms with van der Waals surface area (Å²) < 4.78 is 43.0. The zero-order chi connectivity index (χ0) is 22.2. The Kier molecular flexibility index (Phi) is 5.83. The van der Waals surface area contributed by atoms with E-state index in [1.165, 1.54) is 18.2 Å². The smallest absolute Gasteiger partial charge is 0.286 e. The molecule has 1 fully saturated rings. The molecule has 1 amide bonds. The first kappa shape index (κ1) is 21.5. The molecule has 2 aliphatic heterocycles. The fourth-order valence-electron chi connectivity index (χ4n) is 4.15. The van der Waals surface area contributed by atoms with Crippen LogP contribution in [0, 0.1) is 11.7 Å². The van der Waals surface area contributed by atoms with Gasteiger partial charge in [0.1, 0.15) is 16.5 Å². The molecule has 2 aromatic carbocycles. The van der Waals surface area contributed by atoms with Crippen LogP contribution in [0.3, 0.4) is 0 Å². The van der Waals surface area contributed by atoms with Crippen LogP contribution in [0.15, 0.2) is 51.8 Å². The quantitative estimate of drug-likeness (QED) is 0.758. The van der Waals surface area contributed by atoms with Gasteiger partial charge in [-0.15, -0.1) is 4.40 Å². The number of benzene rings is 2. The summed E-state index contributed by atoms with van der Waals surface area (Å²) in [5.41, 5.74) is 1.63. The van der Waals surface area contributed by atoms with Crippen LogP contribution in [-0.4, -0.2) is 26.7 Å². The van der Waals surface area contributed by atoms with Crippen LogP contribution in [0.4, 0.5) is 10.1 Å². The SMILES string of the molecule is CC(C)[C@@H](NC(=O)c1ccc2c(c1)S(=O)(=O)N=C1CCCCCN12)c1ccc(F)cc1. The molecule has 0 saturated carbocycles. The number of hydrogen-bond donors (Lipinski definition) is 1. The normalized spacial score (nSPS) is 18.5. The molecule has 164 valence electrons. The lowest BCUT2D eigenvalue weighted by atomic mass is 9.95. The summed E-state index contributed by atoms with van der Waals surface area (Å²) in [6.45, 7) is 4.63. The highest BCUT2D eigenvalue weighted by atomic mass is 32.2. The molecule has 0 spiro atoms. The first-order chi connectivity index (χ1) is 14.8. The van der Waals surface area contributed by atoms with Gasteiger partial charge in [-0.2, -0.15) is 8.42 Å². The Morgan fingerprint density at radius 3 is 2.55 bits per heavy atom. The van der Waals surface area contributed by atoms with Crippen molar-refractivity contribution >= 4 is 27.5 Å². The second kappa shape index (κ2) is 8.42. The molecule has 8 heteroatoms. The lowest BCUT2D eigenvalue weighted by Crippen LogP contribution is -2.36. The lowest BCUT2D eigenvalue weighted by molar-refractivity contribution is 0.0925. The zero-order valence-electron chi connectivity index (χ0n) is 17.6. The lowest BCUT2D eigenvalue weighted by Gasteiger charge is -2.30. The Hall–Kier alpha value is -2.74. The largest absolute Gasteiger partial charge is 0.345 e. The van der Waals surface area contributed by atoms with Gasteiger partial charge in [-0.3, -0.25) is 4.79 Å². The van der Waals surface area contributed by atoms with Gasteiger partial charge >= 0.3 is 0 Å². The molecule has 6 nitrogen and oxygen atoms in total. The molecule has 0 aromatic heterocycles. The number of sulfonamides is 1. The van der Waals surface area contributed by atoms with Crippen LogP contribution in [0.1, 0.15) is 61.5 Å². The van der Waals surface area contributed by atoms with E-state index in [4.69, 9.17) is 0 Å². The van der Waals surface area contributed by atoms with Crippen LogP contribution in [0.25, 0.3) is 0 Å². The Morgan fingerprint density at radius 2 is 1.84 bits per heavy atom. The number of anilines is 1. The van der Waals surface area contributed by atoms with Gasteiger partial charge in [0, 0.05) is 18.5 Å². The summed E-state index contributed by atoms with van der Waals surface area (Å²) in [6.07, 6.45) is 3.55. The minimum atomic E-state index is -3.86. The number of amides is 1. The average Bonchev–Trinajstić information content (AvgIpc) is 2.97. The Morgan fingerprint density at radius 1 is 1.10 bits per heavy atom. The maximum absolute atomic E-state index is 13.3. The third-order valence-electron chi connectivity index (χ3n) is 5.79. The molecule has 2 heterocycles. The van der Waals surface area contributed by atoms with Crippen LogP contribution in [0.5, 0.6) is 0 Å². The van der Waals surface area contributed by atoms with E-state index in [0.717, 1.165) is 24.8 Å². The standard InChI is InChI=1S/C23H26FN3O3S/c1-15(2)22(16-7-10-18(24)11-8-16)25-23(28)17-9-12-19-20(14-17)31(29,30)26-21-6-4-3-5-13-27(19)21/h7-12,14-15,22H,3-6,13H2,1-2H3,(H,25,28)/t22-/m1/s1. The second-order valence-electron chi connectivity index (χ2n) is 8.37. The Balaban J connectivity index is 1.64. The van der Waals surface area contributed by atoms with Gasteiger partial charge in [0.15, 0.2) is 0 Å². The van der Waals surface area contributed by atoms with Gasteiger partial charge in [-0.05, 0) is 54.7 Å². The van der Waals surface area contributed by atoms with Crippen molar-refractivity contribution in [2.45, 2.75) is 50.5 Å². The first-order valence-electron chi connectivity index (χ1n) is 10.6. The maximum Gasteiger partial charge on any atom is 0.286 e. The van der Waals surface area contributed by atoms with E-state index in [-0.39, 0.29) is 34.1 Å². The van der Waals surface area contributed by atoms with E-state index in [2.05, 4.69) is 9.71 Å². The van der Waals surface area contributed by atoms with Crippen molar-refractivity contribution in [1.82, 2.24) is 5.32 Å². The van der Waals surface area contributed by atoms with Gasteiger partial charge in [-0.25, -0.2) is 4.39 Å². The number of rotatable bonds is 4. The molecule has 0 aliphatic carbocycles. The minimum absolute atomic E-state index is 0.0556. The predicted octanol–water partition coefficient (Wildman–Crippen LogP) is 4.43. The van der Waals surface area contributed by atoms with Crippen molar-refractivity contribution in [2.75, 3.05) is 11.4 Å². The molecule has 1 saturated heterocycles. The maximum atomic E-state index is 13.3. The predicted molar refractivity (Wildman–Crippen MR) is 118 cm³/mol. The molecule has 0 unspecified atom stereocenters. The van der Waals surface area contributed by atoms with Crippen molar-refractivity contribution in [2.24, 2.45) is 10.3 Å². The van der Waals surface area contributed by atoms with Crippen LogP contribution < -0.4 is 10.2 Å². The fraction of sp³-hybridized carbons (Fsp3) is 0.391. The highest BCUT2D eigenvalue weighted by molar-refractivity contribution is 7.90. The molecule has 1 N–H and O–H groups in total. The molecular formula is C23H26FN3O3S. The van der Waals surface area contributed by atoms with Gasteiger partial charge in [0.05, 0.1) is 11.7 Å². The van der Waals surface area contributed by atoms with Gasteiger partial charge in [0.2, 0.25) is 0 Å². The minimum Gasteiger partial charge on any atom is -0.345 e. The van der Waals surface area contributed by atoms with Crippen molar-refractivity contribution in [3.63, 3.8) is 0 Å². The van der Waals surface area contributed by atoms with E-state index in [1.54, 1.807) is 24.3 Å². The molecule has 0 bridgehead atoms. The number of carbonyl (C=O) groups is 1. The van der Waals surface area contributed by atoms with Gasteiger partial charge in [0.25, 0.3) is 15.9 Å². The average molecular weight is 444 g/mol. The van der Waals surface area contributed by atoms with E-state index < -0.39 is 10.0 Å². The van der Waals surface area contributed by atoms with Gasteiger partial charge in [-0.1, -0.05) is 32.4 Å². The van der Waals surface area contributed by atoms with E-state index in [9.17, 15) is 17.6 Å². The number of nitrogens with zero attached hydrogens (tertiary/aromatic N) is 2. The number of hydrogen-bond acceptors (Lipinski definition) is 4. The highest BCUT2D eigenvalue weighted by Gasteiger charge is 2.32. The summed E-state index contributed by atoms with van der Waals surface area (Å²) in [7, 11) is -3.86. The number of amidine groups is 1. The zero-order valence-corrected chi connectivity index (χ0v) is 18.5. The van der Waals surface area contributed by atoms with E-state index in [0.29, 0.717) is 24.5 Å². The first-order valence-corrected chi connectivity index (χ1v) is 12.0. The van der Waals surface area contributed by atoms with Crippen LogP contribution in [-0.2, 0) is 10.0 Å². The summed E-state index contributed by atoms with van der Waals surface area (Å²) in [6, 6.07) is 10.4. The molecule has 31 heavy (non-hydrogen) atoms. The van der Waals surface area contributed by atoms with Crippen LogP contribution in [0.2, 0.25) is 0 Å². The third kappa shape index (κ3) is 4.35. The topological polar surface area (TPSA) is 78.8 Å². The molecular weight excluding hydrogens is 417 g/mol. The van der Waals surface area contributed by atoms with Crippen LogP contribution >= 0.6 is 0 Å². The Labute approximate surface area is 182 Å². The van der Waals surface area contributed by atoms with E-state index >= 15 is 0 Å². The second-order valence-corrected chi connectivity index (χ2v) is 9.95. The number of nitrogens with one attached hydrogen (secondary N) is 1. The highest BCUT2D eigenvalue weighted by Crippen LogP contribution is 2.35. The molecule has 4 rings (SSSR count). The number of fused-ring (bicyclic) bond motifs is 3. The molecule has 0 radical (unpaired) electrons. The van der Waals surface area contributed by atoms with Crippen molar-refractivity contribution in [1.29, 1.82) is 0 Å². The van der Waals surface area contributed by atoms with Crippen molar-refractivity contribution in [3.05, 3.63) is 59.4 Å². The monoisotopic (exact) mass is 443 g/mol. The van der Waals surface area contributed by atoms with Crippen molar-refractivity contribution in [3.8, 4) is 0 Å². The van der Waals surface area contributed by atoms with Crippen molar-refractivity contribution < 1.29 is 17.6 Å². The Bertz CT molecular complexity index is 1130. The summed E-state index contributed by atoms with van der Waals surface area (Å²) >= 11 is 0. The summed E-state index contributed by atoms with van der Waals surface area (Å²) in [4.78, 5) is 15.0. The van der Waals surface area contributed by atoms with E-state index in [1.807, 2.05) is 18.7 Å². The fourth-order valence-corrected chi connectivity index (χ4v) is 5.43. The number of carbonyl (C=O) groups excluding carboxylic acids is 1. The third-order valence-corrected chi connectivity index (χ3v) is 7.13. The molecule has 1 atom stereocenters. The summed E-state index contributed by atoms with van der Waals surface area (Å²) in [5, 5.41) is 2.96. The van der Waals surface area contributed by atoms with Gasteiger partial charge < -0.3 is 10.2 Å². The molecule has 2 aromatic rings. The summed E-state index contributed by atoms with van der Waals surface area (Å²) in [5.74, 6) is -0.0870.